The first-order valence-corrected chi connectivity index (χ1v) is 13.1. The van der Waals surface area contributed by atoms with Crippen molar-refractivity contribution in [2.75, 3.05) is 45.9 Å². The van der Waals surface area contributed by atoms with E-state index in [1.54, 1.807) is 44.2 Å². The number of rotatable bonds is 17. The van der Waals surface area contributed by atoms with E-state index in [-0.39, 0.29) is 63.5 Å². The van der Waals surface area contributed by atoms with Crippen LogP contribution in [0.2, 0.25) is 0 Å². The van der Waals surface area contributed by atoms with Crippen molar-refractivity contribution in [2.24, 2.45) is 5.92 Å². The Morgan fingerprint density at radius 1 is 0.821 bits per heavy atom. The summed E-state index contributed by atoms with van der Waals surface area (Å²) in [7, 11) is 0. The van der Waals surface area contributed by atoms with Crippen LogP contribution < -0.4 is 5.32 Å². The number of aliphatic hydroxyl groups is 2. The quantitative estimate of drug-likeness (QED) is 0.213. The highest BCUT2D eigenvalue weighted by Crippen LogP contribution is 2.10. The maximum absolute atomic E-state index is 13.1. The summed E-state index contributed by atoms with van der Waals surface area (Å²) in [6, 6.07) is 7.11. The summed E-state index contributed by atoms with van der Waals surface area (Å²) in [6.07, 6.45) is 0.0486. The predicted molar refractivity (Wildman–Crippen MR) is 144 cm³/mol. The van der Waals surface area contributed by atoms with Crippen LogP contribution in [0.25, 0.3) is 0 Å². The summed E-state index contributed by atoms with van der Waals surface area (Å²) in [5.74, 6) is -3.13. The molecule has 0 aromatic heterocycles. The minimum absolute atomic E-state index is 0.0449. The fraction of sp³-hybridized carbons (Fsp3) is 0.593. The van der Waals surface area contributed by atoms with E-state index in [1.807, 2.05) is 13.8 Å². The summed E-state index contributed by atoms with van der Waals surface area (Å²) < 4.78 is 0. The predicted octanol–water partition coefficient (Wildman–Crippen LogP) is 0.185. The Labute approximate surface area is 229 Å². The lowest BCUT2D eigenvalue weighted by atomic mass is 10.0. The number of carbonyl (C=O) groups is 5. The van der Waals surface area contributed by atoms with Gasteiger partial charge in [-0.15, -0.1) is 0 Å². The molecular weight excluding hydrogens is 508 g/mol. The lowest BCUT2D eigenvalue weighted by molar-refractivity contribution is -0.143. The maximum Gasteiger partial charge on any atom is 0.326 e. The molecule has 0 saturated carbocycles. The number of nitrogens with zero attached hydrogens (tertiary/aromatic N) is 3. The first-order valence-electron chi connectivity index (χ1n) is 13.1. The summed E-state index contributed by atoms with van der Waals surface area (Å²) in [5.41, 5.74) is 0.412. The molecule has 0 bridgehead atoms. The Balaban J connectivity index is 2.88. The average molecular weight is 551 g/mol. The van der Waals surface area contributed by atoms with Crippen LogP contribution in [0.3, 0.4) is 0 Å². The number of aliphatic hydroxyl groups excluding tert-OH is 2. The first kappa shape index (κ1) is 33.5. The second-order valence-corrected chi connectivity index (χ2v) is 9.87. The highest BCUT2D eigenvalue weighted by molar-refractivity contribution is 5.97. The zero-order valence-electron chi connectivity index (χ0n) is 23.2. The van der Waals surface area contributed by atoms with Gasteiger partial charge < -0.3 is 35.3 Å². The van der Waals surface area contributed by atoms with Crippen molar-refractivity contribution in [2.45, 2.75) is 52.6 Å². The number of amides is 4. The van der Waals surface area contributed by atoms with Gasteiger partial charge in [-0.2, -0.15) is 0 Å². The van der Waals surface area contributed by atoms with Gasteiger partial charge in [0.25, 0.3) is 5.91 Å². The monoisotopic (exact) mass is 550 g/mol. The van der Waals surface area contributed by atoms with Crippen molar-refractivity contribution in [1.82, 2.24) is 20.0 Å². The van der Waals surface area contributed by atoms with Gasteiger partial charge in [-0.1, -0.05) is 32.0 Å². The molecule has 1 aromatic carbocycles. The number of aliphatic carboxylic acids is 1. The molecule has 12 nitrogen and oxygen atoms in total. The third-order valence-electron chi connectivity index (χ3n) is 5.93. The van der Waals surface area contributed by atoms with Crippen LogP contribution in [0, 0.1) is 5.92 Å². The Hall–Kier alpha value is -3.51. The summed E-state index contributed by atoms with van der Waals surface area (Å²) in [5, 5.41) is 30.7. The van der Waals surface area contributed by atoms with Gasteiger partial charge >= 0.3 is 5.97 Å². The minimum Gasteiger partial charge on any atom is -0.480 e. The van der Waals surface area contributed by atoms with Crippen LogP contribution in [-0.2, 0) is 19.2 Å². The molecule has 1 aromatic rings. The molecule has 4 amide bonds. The molecule has 218 valence electrons. The van der Waals surface area contributed by atoms with Crippen LogP contribution in [0.15, 0.2) is 30.3 Å². The van der Waals surface area contributed by atoms with Gasteiger partial charge in [0.15, 0.2) is 0 Å². The van der Waals surface area contributed by atoms with E-state index in [2.05, 4.69) is 5.32 Å². The number of carbonyl (C=O) groups excluding carboxylic acids is 4. The van der Waals surface area contributed by atoms with Gasteiger partial charge in [0.2, 0.25) is 17.7 Å². The molecule has 0 spiro atoms. The molecule has 0 aliphatic carbocycles. The number of carboxylic acid groups (broad SMARTS) is 1. The van der Waals surface area contributed by atoms with E-state index < -0.39 is 42.9 Å². The normalized spacial score (nSPS) is 11.7. The van der Waals surface area contributed by atoms with E-state index in [1.165, 1.54) is 9.80 Å². The number of nitrogens with one attached hydrogen (secondary N) is 1. The van der Waals surface area contributed by atoms with Gasteiger partial charge in [-0.25, -0.2) is 4.79 Å². The molecule has 12 heteroatoms. The third-order valence-corrected chi connectivity index (χ3v) is 5.93. The number of hydrogen-bond donors (Lipinski definition) is 4. The van der Waals surface area contributed by atoms with E-state index in [0.717, 1.165) is 4.90 Å². The second kappa shape index (κ2) is 17.2. The second-order valence-electron chi connectivity index (χ2n) is 9.87. The molecule has 4 N–H and O–H groups in total. The first-order chi connectivity index (χ1) is 18.4. The van der Waals surface area contributed by atoms with Crippen LogP contribution >= 0.6 is 0 Å². The molecule has 39 heavy (non-hydrogen) atoms. The molecular formula is C27H42N4O8. The van der Waals surface area contributed by atoms with Crippen molar-refractivity contribution in [3.8, 4) is 0 Å². The van der Waals surface area contributed by atoms with E-state index in [0.29, 0.717) is 5.56 Å². The van der Waals surface area contributed by atoms with Crippen molar-refractivity contribution in [3.05, 3.63) is 35.9 Å². The summed E-state index contributed by atoms with van der Waals surface area (Å²) in [4.78, 5) is 66.6. The van der Waals surface area contributed by atoms with Gasteiger partial charge in [0.1, 0.15) is 12.6 Å². The molecule has 0 aliphatic rings. The van der Waals surface area contributed by atoms with Crippen molar-refractivity contribution >= 4 is 29.6 Å². The van der Waals surface area contributed by atoms with Crippen LogP contribution in [0.5, 0.6) is 0 Å². The topological polar surface area (TPSA) is 168 Å². The van der Waals surface area contributed by atoms with E-state index in [4.69, 9.17) is 0 Å². The lowest BCUT2D eigenvalue weighted by Crippen LogP contribution is -2.50. The molecule has 0 fully saturated rings. The van der Waals surface area contributed by atoms with E-state index in [9.17, 15) is 39.3 Å². The zero-order chi connectivity index (χ0) is 29.5. The Morgan fingerprint density at radius 3 is 1.90 bits per heavy atom. The molecule has 0 unspecified atom stereocenters. The standard InChI is InChI=1S/C27H42N4O8/c1-19(2)16-22(27(38)39)28-23(34)10-11-29(12-14-32)24(35)17-30(13-15-33)25(36)18-31(20(3)4)26(37)21-8-6-5-7-9-21/h5-9,19-20,22,32-33H,10-18H2,1-4H3,(H,28,34)(H,38,39)/t22-/m0/s1. The number of benzene rings is 1. The Bertz CT molecular complexity index is 954. The Kier molecular flexibility index (Phi) is 14.7. The molecule has 0 saturated heterocycles. The third kappa shape index (κ3) is 11.8. The molecule has 0 heterocycles. The summed E-state index contributed by atoms with van der Waals surface area (Å²) >= 11 is 0. The average Bonchev–Trinajstić information content (AvgIpc) is 2.88. The largest absolute Gasteiger partial charge is 0.480 e. The number of carboxylic acids is 1. The van der Waals surface area contributed by atoms with Crippen molar-refractivity contribution in [1.29, 1.82) is 0 Å². The fourth-order valence-corrected chi connectivity index (χ4v) is 3.83. The van der Waals surface area contributed by atoms with Crippen LogP contribution in [0.4, 0.5) is 0 Å². The van der Waals surface area contributed by atoms with Crippen molar-refractivity contribution < 1.29 is 39.3 Å². The van der Waals surface area contributed by atoms with E-state index >= 15 is 0 Å². The maximum atomic E-state index is 13.1. The molecule has 1 rings (SSSR count). The SMILES string of the molecule is CC(C)C[C@H](NC(=O)CCN(CCO)C(=O)CN(CCO)C(=O)CN(C(=O)c1ccccc1)C(C)C)C(=O)O. The number of hydrogen-bond acceptors (Lipinski definition) is 7. The Morgan fingerprint density at radius 2 is 1.38 bits per heavy atom. The molecule has 0 radical (unpaired) electrons. The summed E-state index contributed by atoms with van der Waals surface area (Å²) in [6.45, 7) is 5.28. The van der Waals surface area contributed by atoms with Gasteiger partial charge in [0.05, 0.1) is 19.8 Å². The van der Waals surface area contributed by atoms with Gasteiger partial charge in [0, 0.05) is 37.7 Å². The van der Waals surface area contributed by atoms with Gasteiger partial charge in [-0.05, 0) is 38.3 Å². The molecule has 1 atom stereocenters. The molecule has 0 aliphatic heterocycles. The highest BCUT2D eigenvalue weighted by atomic mass is 16.4. The van der Waals surface area contributed by atoms with Crippen molar-refractivity contribution in [3.63, 3.8) is 0 Å². The minimum atomic E-state index is -1.15. The fourth-order valence-electron chi connectivity index (χ4n) is 3.83. The van der Waals surface area contributed by atoms with Crippen LogP contribution in [0.1, 0.15) is 50.9 Å². The zero-order valence-corrected chi connectivity index (χ0v) is 23.2. The van der Waals surface area contributed by atoms with Crippen LogP contribution in [-0.4, -0.2) is 118 Å². The highest BCUT2D eigenvalue weighted by Gasteiger charge is 2.27. The lowest BCUT2D eigenvalue weighted by Gasteiger charge is -2.31. The van der Waals surface area contributed by atoms with Gasteiger partial charge in [-0.3, -0.25) is 19.2 Å². The smallest absolute Gasteiger partial charge is 0.326 e.